The zero-order valence-corrected chi connectivity index (χ0v) is 14.9. The predicted molar refractivity (Wildman–Crippen MR) is 103 cm³/mol. The van der Waals surface area contributed by atoms with E-state index < -0.39 is 0 Å². The number of anilines is 1. The van der Waals surface area contributed by atoms with Crippen molar-refractivity contribution < 1.29 is 4.79 Å². The van der Waals surface area contributed by atoms with Gasteiger partial charge in [-0.2, -0.15) is 0 Å². The van der Waals surface area contributed by atoms with E-state index >= 15 is 0 Å². The first-order valence-electron chi connectivity index (χ1n) is 9.06. The van der Waals surface area contributed by atoms with Crippen molar-refractivity contribution >= 4 is 17.2 Å². The molecule has 0 fully saturated rings. The number of imidazole rings is 1. The monoisotopic (exact) mass is 335 g/mol. The molecule has 3 rings (SSSR count). The smallest absolute Gasteiger partial charge is 0.227 e. The van der Waals surface area contributed by atoms with Crippen LogP contribution in [0.3, 0.4) is 0 Å². The molecule has 0 saturated heterocycles. The Bertz CT molecular complexity index is 803. The highest BCUT2D eigenvalue weighted by Crippen LogP contribution is 2.22. The first-order chi connectivity index (χ1) is 12.2. The summed E-state index contributed by atoms with van der Waals surface area (Å²) in [6.07, 6.45) is 8.06. The van der Waals surface area contributed by atoms with Gasteiger partial charge < -0.3 is 9.72 Å². The van der Waals surface area contributed by atoms with E-state index in [4.69, 9.17) is 0 Å². The Hall–Kier alpha value is -2.62. The summed E-state index contributed by atoms with van der Waals surface area (Å²) in [5.41, 5.74) is 3.74. The molecular weight excluding hydrogens is 310 g/mol. The number of rotatable bonds is 7. The molecule has 1 atom stereocenters. The second-order valence-corrected chi connectivity index (χ2v) is 6.41. The van der Waals surface area contributed by atoms with Crippen molar-refractivity contribution in [3.8, 4) is 11.3 Å². The molecule has 1 aromatic carbocycles. The molecule has 0 spiro atoms. The van der Waals surface area contributed by atoms with Gasteiger partial charge >= 0.3 is 0 Å². The number of benzene rings is 1. The molecule has 1 N–H and O–H groups in total. The third kappa shape index (κ3) is 4.08. The summed E-state index contributed by atoms with van der Waals surface area (Å²) in [5.74, 6) is 0.217. The average Bonchev–Trinajstić information content (AvgIpc) is 3.07. The number of nitrogens with zero attached hydrogens (tertiary/aromatic N) is 2. The van der Waals surface area contributed by atoms with Gasteiger partial charge in [0, 0.05) is 29.6 Å². The predicted octanol–water partition coefficient (Wildman–Crippen LogP) is 5.16. The lowest BCUT2D eigenvalue weighted by Crippen LogP contribution is -2.22. The molecular formula is C21H25N3O. The first-order valence-corrected chi connectivity index (χ1v) is 9.06. The minimum Gasteiger partial charge on any atom is -0.326 e. The van der Waals surface area contributed by atoms with Crippen LogP contribution in [0.2, 0.25) is 0 Å². The zero-order valence-electron chi connectivity index (χ0n) is 14.9. The third-order valence-electron chi connectivity index (χ3n) is 4.58. The standard InChI is InChI=1S/C21H25N3O/c1-3-5-8-16(4-2)21(25)22-18-12-10-17(11-13-18)19-15-24-14-7-6-9-20(24)23-19/h6-7,9-16H,3-5,8H2,1-2H3,(H,22,25). The molecule has 0 aliphatic carbocycles. The number of carbonyl (C=O) groups is 1. The Morgan fingerprint density at radius 2 is 1.96 bits per heavy atom. The molecule has 1 unspecified atom stereocenters. The van der Waals surface area contributed by atoms with Gasteiger partial charge in [-0.15, -0.1) is 0 Å². The second kappa shape index (κ2) is 7.97. The number of aromatic nitrogens is 2. The van der Waals surface area contributed by atoms with E-state index in [2.05, 4.69) is 24.1 Å². The van der Waals surface area contributed by atoms with Crippen LogP contribution in [0.4, 0.5) is 5.69 Å². The van der Waals surface area contributed by atoms with E-state index in [0.717, 1.165) is 48.3 Å². The lowest BCUT2D eigenvalue weighted by atomic mass is 9.98. The molecule has 0 saturated carbocycles. The lowest BCUT2D eigenvalue weighted by Gasteiger charge is -2.14. The first kappa shape index (κ1) is 17.2. The fraction of sp³-hybridized carbons (Fsp3) is 0.333. The summed E-state index contributed by atoms with van der Waals surface area (Å²) in [5, 5.41) is 3.04. The molecule has 25 heavy (non-hydrogen) atoms. The largest absolute Gasteiger partial charge is 0.326 e. The number of fused-ring (bicyclic) bond motifs is 1. The van der Waals surface area contributed by atoms with Gasteiger partial charge in [-0.25, -0.2) is 4.98 Å². The SMILES string of the molecule is CCCCC(CC)C(=O)Nc1ccc(-c2cn3ccccc3n2)cc1. The summed E-state index contributed by atoms with van der Waals surface area (Å²) < 4.78 is 2.00. The van der Waals surface area contributed by atoms with Crippen LogP contribution in [0.1, 0.15) is 39.5 Å². The third-order valence-corrected chi connectivity index (χ3v) is 4.58. The average molecular weight is 335 g/mol. The van der Waals surface area contributed by atoms with Crippen molar-refractivity contribution in [1.29, 1.82) is 0 Å². The highest BCUT2D eigenvalue weighted by Gasteiger charge is 2.15. The van der Waals surface area contributed by atoms with Gasteiger partial charge in [-0.05, 0) is 37.1 Å². The Morgan fingerprint density at radius 3 is 2.64 bits per heavy atom. The van der Waals surface area contributed by atoms with E-state index in [0.29, 0.717) is 0 Å². The molecule has 4 nitrogen and oxygen atoms in total. The van der Waals surface area contributed by atoms with Crippen molar-refractivity contribution in [1.82, 2.24) is 9.38 Å². The molecule has 0 aliphatic heterocycles. The van der Waals surface area contributed by atoms with Crippen LogP contribution in [0.5, 0.6) is 0 Å². The molecule has 3 aromatic rings. The van der Waals surface area contributed by atoms with Gasteiger partial charge in [0.2, 0.25) is 5.91 Å². The number of carbonyl (C=O) groups excluding carboxylic acids is 1. The Balaban J connectivity index is 1.70. The number of hydrogen-bond acceptors (Lipinski definition) is 2. The van der Waals surface area contributed by atoms with Gasteiger partial charge in [-0.1, -0.05) is 44.9 Å². The second-order valence-electron chi connectivity index (χ2n) is 6.41. The number of nitrogens with one attached hydrogen (secondary N) is 1. The van der Waals surface area contributed by atoms with Gasteiger partial charge in [0.05, 0.1) is 5.69 Å². The van der Waals surface area contributed by atoms with Crippen LogP contribution in [0.15, 0.2) is 54.9 Å². The van der Waals surface area contributed by atoms with Crippen molar-refractivity contribution in [2.75, 3.05) is 5.32 Å². The normalized spacial score (nSPS) is 12.2. The van der Waals surface area contributed by atoms with Gasteiger partial charge in [0.25, 0.3) is 0 Å². The van der Waals surface area contributed by atoms with E-state index in [1.807, 2.05) is 59.3 Å². The minimum absolute atomic E-state index is 0.0954. The van der Waals surface area contributed by atoms with Crippen molar-refractivity contribution in [2.45, 2.75) is 39.5 Å². The summed E-state index contributed by atoms with van der Waals surface area (Å²) >= 11 is 0. The van der Waals surface area contributed by atoms with E-state index in [1.165, 1.54) is 0 Å². The molecule has 4 heteroatoms. The summed E-state index contributed by atoms with van der Waals surface area (Å²) in [6.45, 7) is 4.23. The Labute approximate surface area is 148 Å². The maximum atomic E-state index is 12.4. The van der Waals surface area contributed by atoms with Crippen molar-refractivity contribution in [2.24, 2.45) is 5.92 Å². The van der Waals surface area contributed by atoms with E-state index in [-0.39, 0.29) is 11.8 Å². The molecule has 0 radical (unpaired) electrons. The number of amides is 1. The maximum absolute atomic E-state index is 12.4. The Morgan fingerprint density at radius 1 is 1.16 bits per heavy atom. The van der Waals surface area contributed by atoms with Crippen molar-refractivity contribution in [3.05, 3.63) is 54.9 Å². The zero-order chi connectivity index (χ0) is 17.6. The van der Waals surface area contributed by atoms with Crippen LogP contribution in [0.25, 0.3) is 16.9 Å². The maximum Gasteiger partial charge on any atom is 0.227 e. The van der Waals surface area contributed by atoms with E-state index in [9.17, 15) is 4.79 Å². The quantitative estimate of drug-likeness (QED) is 0.648. The van der Waals surface area contributed by atoms with Crippen LogP contribution in [-0.4, -0.2) is 15.3 Å². The van der Waals surface area contributed by atoms with Crippen LogP contribution < -0.4 is 5.32 Å². The summed E-state index contributed by atoms with van der Waals surface area (Å²) in [7, 11) is 0. The highest BCUT2D eigenvalue weighted by molar-refractivity contribution is 5.92. The molecule has 2 aromatic heterocycles. The summed E-state index contributed by atoms with van der Waals surface area (Å²) in [6, 6.07) is 13.9. The molecule has 130 valence electrons. The molecule has 0 bridgehead atoms. The van der Waals surface area contributed by atoms with Crippen LogP contribution in [-0.2, 0) is 4.79 Å². The molecule has 2 heterocycles. The number of pyridine rings is 1. The van der Waals surface area contributed by atoms with Gasteiger partial charge in [-0.3, -0.25) is 4.79 Å². The van der Waals surface area contributed by atoms with Crippen LogP contribution >= 0.6 is 0 Å². The lowest BCUT2D eigenvalue weighted by molar-refractivity contribution is -0.120. The highest BCUT2D eigenvalue weighted by atomic mass is 16.1. The summed E-state index contributed by atoms with van der Waals surface area (Å²) in [4.78, 5) is 17.0. The van der Waals surface area contributed by atoms with E-state index in [1.54, 1.807) is 0 Å². The number of hydrogen-bond donors (Lipinski definition) is 1. The fourth-order valence-electron chi connectivity index (χ4n) is 3.01. The Kier molecular flexibility index (Phi) is 5.49. The minimum atomic E-state index is 0.0954. The topological polar surface area (TPSA) is 46.4 Å². The van der Waals surface area contributed by atoms with Gasteiger partial charge in [0.15, 0.2) is 0 Å². The molecule has 1 amide bonds. The van der Waals surface area contributed by atoms with Crippen molar-refractivity contribution in [3.63, 3.8) is 0 Å². The fourth-order valence-corrected chi connectivity index (χ4v) is 3.01. The van der Waals surface area contributed by atoms with Crippen LogP contribution in [0, 0.1) is 5.92 Å². The molecule has 0 aliphatic rings. The van der Waals surface area contributed by atoms with Gasteiger partial charge in [0.1, 0.15) is 5.65 Å². The number of unbranched alkanes of at least 4 members (excludes halogenated alkanes) is 1.